The summed E-state index contributed by atoms with van der Waals surface area (Å²) in [6, 6.07) is 8.78. The van der Waals surface area contributed by atoms with Gasteiger partial charge in [-0.1, -0.05) is 20.4 Å². The van der Waals surface area contributed by atoms with Gasteiger partial charge in [-0.2, -0.15) is 0 Å². The summed E-state index contributed by atoms with van der Waals surface area (Å²) in [4.78, 5) is 10.5. The average Bonchev–Trinajstić information content (AvgIpc) is 3.19. The molecule has 1 aliphatic rings. The number of piperidine rings is 1. The van der Waals surface area contributed by atoms with Crippen molar-refractivity contribution in [3.8, 4) is 16.3 Å². The molecule has 188 valence electrons. The van der Waals surface area contributed by atoms with Gasteiger partial charge in [-0.3, -0.25) is 0 Å². The molecular formula is C27H37N5O2S. The Kier molecular flexibility index (Phi) is 7.64. The lowest BCUT2D eigenvalue weighted by Crippen LogP contribution is -2.48. The minimum atomic E-state index is -0.552. The lowest BCUT2D eigenvalue weighted by molar-refractivity contribution is 0.105. The standard InChI is InChI=1S/C27H37N5O2S/c1-16(2)28-14-21(33)15-34-22-8-7-19-10-24(35-23(19)11-22)25-17(3)13-29-26(31-25)30-20-9-18(4)32-27(5,6)12-20/h7-8,10-11,13,16,20-21,28,32-33H,4,9,12,14-15H2,1-3,5-6H3,(H,29,30,31). The van der Waals surface area contributed by atoms with E-state index >= 15 is 0 Å². The predicted octanol–water partition coefficient (Wildman–Crippen LogP) is 4.86. The zero-order valence-electron chi connectivity index (χ0n) is 21.3. The fraction of sp³-hybridized carbons (Fsp3) is 0.481. The maximum Gasteiger partial charge on any atom is 0.223 e. The average molecular weight is 496 g/mol. The van der Waals surface area contributed by atoms with E-state index in [-0.39, 0.29) is 18.2 Å². The van der Waals surface area contributed by atoms with Crippen LogP contribution in [0.5, 0.6) is 5.75 Å². The second kappa shape index (κ2) is 10.5. The van der Waals surface area contributed by atoms with Gasteiger partial charge in [0.1, 0.15) is 18.5 Å². The zero-order chi connectivity index (χ0) is 25.2. The number of hydrogen-bond donors (Lipinski definition) is 4. The fourth-order valence-corrected chi connectivity index (χ4v) is 5.60. The maximum atomic E-state index is 10.1. The van der Waals surface area contributed by atoms with E-state index in [1.54, 1.807) is 11.3 Å². The summed E-state index contributed by atoms with van der Waals surface area (Å²) >= 11 is 1.69. The molecule has 1 aliphatic heterocycles. The molecule has 1 fully saturated rings. The third-order valence-electron chi connectivity index (χ3n) is 6.00. The zero-order valence-corrected chi connectivity index (χ0v) is 22.1. The third kappa shape index (κ3) is 6.72. The summed E-state index contributed by atoms with van der Waals surface area (Å²) in [5, 5.41) is 21.5. The van der Waals surface area contributed by atoms with Crippen LogP contribution in [0, 0.1) is 6.92 Å². The Balaban J connectivity index is 1.48. The Morgan fingerprint density at radius 3 is 2.86 bits per heavy atom. The van der Waals surface area contributed by atoms with E-state index in [1.807, 2.05) is 25.3 Å². The fourth-order valence-electron chi connectivity index (χ4n) is 4.45. The second-order valence-electron chi connectivity index (χ2n) is 10.4. The molecule has 35 heavy (non-hydrogen) atoms. The molecule has 0 saturated carbocycles. The molecule has 2 unspecified atom stereocenters. The molecule has 2 atom stereocenters. The second-order valence-corrected chi connectivity index (χ2v) is 11.5. The van der Waals surface area contributed by atoms with Crippen molar-refractivity contribution < 1.29 is 9.84 Å². The first kappa shape index (κ1) is 25.4. The van der Waals surface area contributed by atoms with Crippen LogP contribution < -0.4 is 20.7 Å². The van der Waals surface area contributed by atoms with Crippen LogP contribution in [0.2, 0.25) is 0 Å². The molecule has 3 aromatic rings. The molecule has 0 spiro atoms. The van der Waals surface area contributed by atoms with Crippen LogP contribution >= 0.6 is 11.3 Å². The van der Waals surface area contributed by atoms with Crippen LogP contribution in [0.1, 0.15) is 46.1 Å². The van der Waals surface area contributed by atoms with E-state index in [0.717, 1.165) is 50.5 Å². The summed E-state index contributed by atoms with van der Waals surface area (Å²) < 4.78 is 6.97. The first-order chi connectivity index (χ1) is 16.6. The minimum absolute atomic E-state index is 0.00718. The number of aliphatic hydroxyl groups is 1. The topological polar surface area (TPSA) is 91.3 Å². The quantitative estimate of drug-likeness (QED) is 0.337. The number of hydrogen-bond acceptors (Lipinski definition) is 8. The molecule has 7 nitrogen and oxygen atoms in total. The molecular weight excluding hydrogens is 458 g/mol. The van der Waals surface area contributed by atoms with E-state index in [2.05, 4.69) is 67.3 Å². The Labute approximate surface area is 212 Å². The maximum absolute atomic E-state index is 10.1. The number of ether oxygens (including phenoxy) is 1. The molecule has 2 aromatic heterocycles. The Hall–Kier alpha value is -2.68. The molecule has 1 saturated heterocycles. The van der Waals surface area contributed by atoms with E-state index in [1.165, 1.54) is 0 Å². The highest BCUT2D eigenvalue weighted by atomic mass is 32.1. The van der Waals surface area contributed by atoms with Crippen LogP contribution in [-0.4, -0.2) is 52.0 Å². The van der Waals surface area contributed by atoms with Gasteiger partial charge in [-0.25, -0.2) is 9.97 Å². The van der Waals surface area contributed by atoms with Gasteiger partial charge in [0.15, 0.2) is 0 Å². The van der Waals surface area contributed by atoms with Gasteiger partial charge in [-0.05, 0) is 62.4 Å². The van der Waals surface area contributed by atoms with Crippen LogP contribution in [0.3, 0.4) is 0 Å². The highest BCUT2D eigenvalue weighted by molar-refractivity contribution is 7.22. The van der Waals surface area contributed by atoms with Crippen molar-refractivity contribution >= 4 is 27.4 Å². The van der Waals surface area contributed by atoms with Crippen molar-refractivity contribution in [1.82, 2.24) is 20.6 Å². The molecule has 3 heterocycles. The third-order valence-corrected chi connectivity index (χ3v) is 7.10. The van der Waals surface area contributed by atoms with E-state index in [0.29, 0.717) is 18.5 Å². The number of anilines is 1. The highest BCUT2D eigenvalue weighted by Gasteiger charge is 2.29. The number of thiophene rings is 1. The van der Waals surface area contributed by atoms with Gasteiger partial charge in [0.25, 0.3) is 0 Å². The molecule has 4 N–H and O–H groups in total. The molecule has 0 amide bonds. The van der Waals surface area contributed by atoms with Crippen molar-refractivity contribution in [3.63, 3.8) is 0 Å². The Bertz CT molecular complexity index is 1190. The molecule has 0 radical (unpaired) electrons. The van der Waals surface area contributed by atoms with Gasteiger partial charge in [0, 0.05) is 47.2 Å². The number of rotatable bonds is 9. The normalized spacial score (nSPS) is 18.5. The largest absolute Gasteiger partial charge is 0.491 e. The van der Waals surface area contributed by atoms with Crippen molar-refractivity contribution in [2.24, 2.45) is 0 Å². The summed E-state index contributed by atoms with van der Waals surface area (Å²) in [6.07, 6.45) is 3.15. The summed E-state index contributed by atoms with van der Waals surface area (Å²) in [7, 11) is 0. The number of fused-ring (bicyclic) bond motifs is 1. The Morgan fingerprint density at radius 1 is 1.31 bits per heavy atom. The van der Waals surface area contributed by atoms with Crippen molar-refractivity contribution in [2.75, 3.05) is 18.5 Å². The van der Waals surface area contributed by atoms with Gasteiger partial charge < -0.3 is 25.8 Å². The first-order valence-electron chi connectivity index (χ1n) is 12.2. The van der Waals surface area contributed by atoms with Gasteiger partial charge in [-0.15, -0.1) is 11.3 Å². The van der Waals surface area contributed by atoms with Crippen LogP contribution in [0.15, 0.2) is 42.7 Å². The number of aryl methyl sites for hydroxylation is 1. The lowest BCUT2D eigenvalue weighted by atomic mass is 9.88. The SMILES string of the molecule is C=C1CC(Nc2ncc(C)c(-c3cc4ccc(OCC(O)CNC(C)C)cc4s3)n2)CC(C)(C)N1. The predicted molar refractivity (Wildman–Crippen MR) is 145 cm³/mol. The summed E-state index contributed by atoms with van der Waals surface area (Å²) in [5.41, 5.74) is 3.01. The van der Waals surface area contributed by atoms with E-state index < -0.39 is 6.10 Å². The molecule has 1 aromatic carbocycles. The first-order valence-corrected chi connectivity index (χ1v) is 13.0. The van der Waals surface area contributed by atoms with Crippen molar-refractivity contribution in [3.05, 3.63) is 48.3 Å². The van der Waals surface area contributed by atoms with Crippen molar-refractivity contribution in [2.45, 2.75) is 71.2 Å². The molecule has 4 rings (SSSR count). The highest BCUT2D eigenvalue weighted by Crippen LogP contribution is 2.36. The van der Waals surface area contributed by atoms with Crippen LogP contribution in [0.4, 0.5) is 5.95 Å². The number of aromatic nitrogens is 2. The number of aliphatic hydroxyl groups excluding tert-OH is 1. The van der Waals surface area contributed by atoms with Crippen LogP contribution in [-0.2, 0) is 0 Å². The van der Waals surface area contributed by atoms with E-state index in [9.17, 15) is 5.11 Å². The molecule has 8 heteroatoms. The van der Waals surface area contributed by atoms with Crippen molar-refractivity contribution in [1.29, 1.82) is 0 Å². The number of benzene rings is 1. The molecule has 0 aliphatic carbocycles. The van der Waals surface area contributed by atoms with Gasteiger partial charge in [0.05, 0.1) is 10.6 Å². The van der Waals surface area contributed by atoms with Gasteiger partial charge >= 0.3 is 0 Å². The minimum Gasteiger partial charge on any atom is -0.491 e. The van der Waals surface area contributed by atoms with Gasteiger partial charge in [0.2, 0.25) is 5.95 Å². The lowest BCUT2D eigenvalue weighted by Gasteiger charge is -2.38. The molecule has 0 bridgehead atoms. The number of nitrogens with one attached hydrogen (secondary N) is 3. The Morgan fingerprint density at radius 2 is 2.11 bits per heavy atom. The summed E-state index contributed by atoms with van der Waals surface area (Å²) in [6.45, 7) is 15.4. The monoisotopic (exact) mass is 495 g/mol. The number of nitrogens with zero attached hydrogens (tertiary/aromatic N) is 2. The smallest absolute Gasteiger partial charge is 0.223 e. The van der Waals surface area contributed by atoms with Crippen LogP contribution in [0.25, 0.3) is 20.7 Å². The summed E-state index contributed by atoms with van der Waals surface area (Å²) in [5.74, 6) is 1.40. The van der Waals surface area contributed by atoms with E-state index in [4.69, 9.17) is 9.72 Å².